The molecule has 1 aromatic rings. The maximum atomic E-state index is 6.48. The van der Waals surface area contributed by atoms with Crippen molar-refractivity contribution in [3.63, 3.8) is 0 Å². The van der Waals surface area contributed by atoms with Gasteiger partial charge >= 0.3 is 0 Å². The normalized spacial score (nSPS) is 28.7. The highest BCUT2D eigenvalue weighted by Gasteiger charge is 2.34. The van der Waals surface area contributed by atoms with E-state index in [1.807, 2.05) is 6.07 Å². The standard InChI is InChI=1S/C16H21BrClN/c17-12-5-6-14(16(18)9-12)13-7-8-19-10-15(13)11-3-1-2-4-11/h5-6,9,11,13,15,19H,1-4,7-8,10H2. The van der Waals surface area contributed by atoms with Gasteiger partial charge in [-0.15, -0.1) is 0 Å². The van der Waals surface area contributed by atoms with Crippen molar-refractivity contribution in [2.24, 2.45) is 11.8 Å². The largest absolute Gasteiger partial charge is 0.316 e. The van der Waals surface area contributed by atoms with Gasteiger partial charge in [-0.2, -0.15) is 0 Å². The van der Waals surface area contributed by atoms with E-state index >= 15 is 0 Å². The van der Waals surface area contributed by atoms with E-state index in [9.17, 15) is 0 Å². The molecule has 3 heteroatoms. The van der Waals surface area contributed by atoms with Crippen molar-refractivity contribution in [3.05, 3.63) is 33.3 Å². The van der Waals surface area contributed by atoms with Gasteiger partial charge in [0.2, 0.25) is 0 Å². The summed E-state index contributed by atoms with van der Waals surface area (Å²) in [7, 11) is 0. The summed E-state index contributed by atoms with van der Waals surface area (Å²) in [5.41, 5.74) is 1.36. The average Bonchev–Trinajstić information content (AvgIpc) is 2.93. The fourth-order valence-electron chi connectivity index (χ4n) is 3.95. The summed E-state index contributed by atoms with van der Waals surface area (Å²) in [5, 5.41) is 4.52. The van der Waals surface area contributed by atoms with E-state index in [2.05, 4.69) is 33.4 Å². The van der Waals surface area contributed by atoms with Gasteiger partial charge in [-0.05, 0) is 55.0 Å². The Bertz CT molecular complexity index is 442. The number of hydrogen-bond acceptors (Lipinski definition) is 1. The van der Waals surface area contributed by atoms with Crippen molar-refractivity contribution in [1.82, 2.24) is 5.32 Å². The van der Waals surface area contributed by atoms with E-state index < -0.39 is 0 Å². The molecule has 1 aliphatic heterocycles. The molecule has 2 unspecified atom stereocenters. The monoisotopic (exact) mass is 341 g/mol. The molecular weight excluding hydrogens is 322 g/mol. The molecule has 1 aliphatic carbocycles. The van der Waals surface area contributed by atoms with Crippen LogP contribution in [-0.4, -0.2) is 13.1 Å². The molecule has 1 saturated heterocycles. The molecule has 104 valence electrons. The molecule has 1 saturated carbocycles. The fraction of sp³-hybridized carbons (Fsp3) is 0.625. The summed E-state index contributed by atoms with van der Waals surface area (Å²) >= 11 is 9.99. The van der Waals surface area contributed by atoms with Crippen LogP contribution >= 0.6 is 27.5 Å². The molecule has 0 bridgehead atoms. The van der Waals surface area contributed by atoms with Gasteiger partial charge < -0.3 is 5.32 Å². The molecule has 19 heavy (non-hydrogen) atoms. The summed E-state index contributed by atoms with van der Waals surface area (Å²) < 4.78 is 1.08. The van der Waals surface area contributed by atoms with Gasteiger partial charge in [0.15, 0.2) is 0 Å². The highest BCUT2D eigenvalue weighted by molar-refractivity contribution is 9.10. The molecule has 2 fully saturated rings. The van der Waals surface area contributed by atoms with Gasteiger partial charge in [0.1, 0.15) is 0 Å². The van der Waals surface area contributed by atoms with Crippen molar-refractivity contribution in [2.75, 3.05) is 13.1 Å². The van der Waals surface area contributed by atoms with Gasteiger partial charge in [0, 0.05) is 9.50 Å². The second-order valence-corrected chi connectivity index (χ2v) is 7.30. The van der Waals surface area contributed by atoms with Crippen molar-refractivity contribution in [2.45, 2.75) is 38.0 Å². The quantitative estimate of drug-likeness (QED) is 0.798. The Labute approximate surface area is 129 Å². The van der Waals surface area contributed by atoms with Crippen LogP contribution in [-0.2, 0) is 0 Å². The van der Waals surface area contributed by atoms with Crippen molar-refractivity contribution in [3.8, 4) is 0 Å². The van der Waals surface area contributed by atoms with Gasteiger partial charge in [0.25, 0.3) is 0 Å². The highest BCUT2D eigenvalue weighted by Crippen LogP contribution is 2.43. The SMILES string of the molecule is Clc1cc(Br)ccc1C1CCNCC1C1CCCC1. The van der Waals surface area contributed by atoms with E-state index in [0.29, 0.717) is 5.92 Å². The van der Waals surface area contributed by atoms with Gasteiger partial charge in [-0.3, -0.25) is 0 Å². The minimum atomic E-state index is 0.643. The minimum absolute atomic E-state index is 0.643. The van der Waals surface area contributed by atoms with E-state index in [-0.39, 0.29) is 0 Å². The van der Waals surface area contributed by atoms with Gasteiger partial charge in [-0.1, -0.05) is 59.3 Å². The molecule has 0 aromatic heterocycles. The number of benzene rings is 1. The van der Waals surface area contributed by atoms with Crippen LogP contribution in [0.3, 0.4) is 0 Å². The van der Waals surface area contributed by atoms with Crippen molar-refractivity contribution < 1.29 is 0 Å². The third-order valence-corrected chi connectivity index (χ3v) is 5.72. The molecule has 0 amide bonds. The van der Waals surface area contributed by atoms with Crippen LogP contribution in [0.5, 0.6) is 0 Å². The second-order valence-electron chi connectivity index (χ2n) is 5.97. The van der Waals surface area contributed by atoms with Crippen molar-refractivity contribution >= 4 is 27.5 Å². The molecular formula is C16H21BrClN. The highest BCUT2D eigenvalue weighted by atomic mass is 79.9. The van der Waals surface area contributed by atoms with Crippen LogP contribution in [0.4, 0.5) is 0 Å². The predicted octanol–water partition coefficient (Wildman–Crippen LogP) is 4.99. The Kier molecular flexibility index (Phi) is 4.51. The average molecular weight is 343 g/mol. The predicted molar refractivity (Wildman–Crippen MR) is 84.8 cm³/mol. The lowest BCUT2D eigenvalue weighted by Crippen LogP contribution is -2.38. The van der Waals surface area contributed by atoms with E-state index in [4.69, 9.17) is 11.6 Å². The van der Waals surface area contributed by atoms with Crippen LogP contribution in [0.1, 0.15) is 43.6 Å². The van der Waals surface area contributed by atoms with Gasteiger partial charge in [-0.25, -0.2) is 0 Å². The molecule has 1 N–H and O–H groups in total. The Morgan fingerprint density at radius 3 is 2.68 bits per heavy atom. The molecule has 1 aromatic carbocycles. The molecule has 0 spiro atoms. The molecule has 1 nitrogen and oxygen atoms in total. The Morgan fingerprint density at radius 2 is 1.95 bits per heavy atom. The fourth-order valence-corrected chi connectivity index (χ4v) is 4.77. The number of halogens is 2. The minimum Gasteiger partial charge on any atom is -0.316 e. The third kappa shape index (κ3) is 3.01. The lowest BCUT2D eigenvalue weighted by Gasteiger charge is -2.37. The van der Waals surface area contributed by atoms with E-state index in [1.165, 1.54) is 44.2 Å². The smallest absolute Gasteiger partial charge is 0.0452 e. The molecule has 0 radical (unpaired) electrons. The first-order valence-electron chi connectivity index (χ1n) is 7.41. The summed E-state index contributed by atoms with van der Waals surface area (Å²) in [6.07, 6.45) is 6.89. The number of nitrogens with one attached hydrogen (secondary N) is 1. The zero-order valence-corrected chi connectivity index (χ0v) is 13.5. The molecule has 2 aliphatic rings. The Morgan fingerprint density at radius 1 is 1.16 bits per heavy atom. The third-order valence-electron chi connectivity index (χ3n) is 4.90. The first-order valence-corrected chi connectivity index (χ1v) is 8.58. The zero-order chi connectivity index (χ0) is 13.2. The lowest BCUT2D eigenvalue weighted by molar-refractivity contribution is 0.231. The first-order chi connectivity index (χ1) is 9.25. The number of hydrogen-bond donors (Lipinski definition) is 1. The summed E-state index contributed by atoms with van der Waals surface area (Å²) in [5.74, 6) is 2.32. The van der Waals surface area contributed by atoms with Gasteiger partial charge in [0.05, 0.1) is 0 Å². The number of rotatable bonds is 2. The van der Waals surface area contributed by atoms with E-state index in [0.717, 1.165) is 27.9 Å². The second kappa shape index (κ2) is 6.15. The summed E-state index contributed by atoms with van der Waals surface area (Å²) in [6, 6.07) is 6.41. The van der Waals surface area contributed by atoms with Crippen LogP contribution in [0.15, 0.2) is 22.7 Å². The Hall–Kier alpha value is -0.0500. The van der Waals surface area contributed by atoms with Crippen LogP contribution in [0.25, 0.3) is 0 Å². The van der Waals surface area contributed by atoms with E-state index in [1.54, 1.807) is 0 Å². The summed E-state index contributed by atoms with van der Waals surface area (Å²) in [4.78, 5) is 0. The lowest BCUT2D eigenvalue weighted by atomic mass is 9.73. The first kappa shape index (κ1) is 13.9. The molecule has 2 atom stereocenters. The summed E-state index contributed by atoms with van der Waals surface area (Å²) in [6.45, 7) is 2.29. The van der Waals surface area contributed by atoms with Crippen LogP contribution < -0.4 is 5.32 Å². The van der Waals surface area contributed by atoms with Crippen LogP contribution in [0.2, 0.25) is 5.02 Å². The molecule has 1 heterocycles. The van der Waals surface area contributed by atoms with Crippen LogP contribution in [0, 0.1) is 11.8 Å². The molecule has 3 rings (SSSR count). The zero-order valence-electron chi connectivity index (χ0n) is 11.2. The maximum absolute atomic E-state index is 6.48. The number of piperidine rings is 1. The maximum Gasteiger partial charge on any atom is 0.0452 e. The van der Waals surface area contributed by atoms with Crippen molar-refractivity contribution in [1.29, 1.82) is 0 Å². The topological polar surface area (TPSA) is 12.0 Å². The Balaban J connectivity index is 1.86.